The van der Waals surface area contributed by atoms with Crippen LogP contribution in [0.15, 0.2) is 55.4 Å². The summed E-state index contributed by atoms with van der Waals surface area (Å²) in [5, 5.41) is 4.14. The average Bonchev–Trinajstić information content (AvgIpc) is 3.19. The van der Waals surface area contributed by atoms with Crippen molar-refractivity contribution >= 4 is 16.9 Å². The van der Waals surface area contributed by atoms with Gasteiger partial charge in [-0.25, -0.2) is 4.98 Å². The number of carbonyl (C=O) groups is 1. The molecule has 1 atom stereocenters. The molecule has 0 saturated carbocycles. The summed E-state index contributed by atoms with van der Waals surface area (Å²) in [5.74, 6) is -0.110. The van der Waals surface area contributed by atoms with Gasteiger partial charge in [0.15, 0.2) is 0 Å². The molecule has 1 aliphatic carbocycles. The van der Waals surface area contributed by atoms with Gasteiger partial charge in [0.05, 0.1) is 0 Å². The molecule has 23 heavy (non-hydrogen) atoms. The van der Waals surface area contributed by atoms with Crippen LogP contribution < -0.4 is 5.32 Å². The molecule has 4 nitrogen and oxygen atoms in total. The minimum Gasteiger partial charge on any atom is -0.349 e. The first-order valence-electron chi connectivity index (χ1n) is 7.72. The molecule has 1 aromatic carbocycles. The van der Waals surface area contributed by atoms with Gasteiger partial charge in [-0.2, -0.15) is 0 Å². The summed E-state index contributed by atoms with van der Waals surface area (Å²) in [6, 6.07) is 10.6. The molecule has 1 amide bonds. The highest BCUT2D eigenvalue weighted by Crippen LogP contribution is 2.35. The van der Waals surface area contributed by atoms with Crippen LogP contribution in [0.3, 0.4) is 0 Å². The molecule has 1 unspecified atom stereocenters. The van der Waals surface area contributed by atoms with Crippen LogP contribution in [0.4, 0.5) is 0 Å². The topological polar surface area (TPSA) is 57.8 Å². The van der Waals surface area contributed by atoms with Gasteiger partial charge >= 0.3 is 0 Å². The molecule has 2 aromatic heterocycles. The van der Waals surface area contributed by atoms with Crippen molar-refractivity contribution in [1.29, 1.82) is 0 Å². The summed E-state index contributed by atoms with van der Waals surface area (Å²) < 4.78 is 0. The van der Waals surface area contributed by atoms with E-state index >= 15 is 0 Å². The minimum absolute atomic E-state index is 0.110. The fraction of sp³-hybridized carbons (Fsp3) is 0.158. The first-order chi connectivity index (χ1) is 11.3. The predicted octanol–water partition coefficient (Wildman–Crippen LogP) is 3.00. The zero-order valence-electron chi connectivity index (χ0n) is 12.7. The van der Waals surface area contributed by atoms with Crippen LogP contribution in [-0.4, -0.2) is 21.9 Å². The van der Waals surface area contributed by atoms with Crippen molar-refractivity contribution in [3.63, 3.8) is 0 Å². The normalized spacial score (nSPS) is 16.3. The molecule has 0 saturated heterocycles. The van der Waals surface area contributed by atoms with Gasteiger partial charge in [-0.15, -0.1) is 0 Å². The lowest BCUT2D eigenvalue weighted by Gasteiger charge is -2.11. The largest absolute Gasteiger partial charge is 0.349 e. The lowest BCUT2D eigenvalue weighted by atomic mass is 9.96. The lowest BCUT2D eigenvalue weighted by molar-refractivity contribution is -0.117. The Labute approximate surface area is 134 Å². The Morgan fingerprint density at radius 3 is 3.04 bits per heavy atom. The number of nitrogens with zero attached hydrogens (tertiary/aromatic N) is 1. The number of aromatic amines is 1. The number of fused-ring (bicyclic) bond motifs is 2. The van der Waals surface area contributed by atoms with Crippen molar-refractivity contribution in [3.8, 4) is 11.1 Å². The highest BCUT2D eigenvalue weighted by atomic mass is 16.1. The second-order valence-electron chi connectivity index (χ2n) is 5.86. The standard InChI is InChI=1S/C19H17N3O/c1-2-18(23)22-13-10-12-4-3-5-14(17(12)11-13)15-6-8-20-19-16(15)7-9-21-19/h2-9,13H,1,10-11H2,(H,20,21)(H,22,23). The lowest BCUT2D eigenvalue weighted by Crippen LogP contribution is -2.33. The number of pyridine rings is 1. The number of carbonyl (C=O) groups excluding carboxylic acids is 1. The van der Waals surface area contributed by atoms with Crippen molar-refractivity contribution < 1.29 is 4.79 Å². The molecular weight excluding hydrogens is 286 g/mol. The van der Waals surface area contributed by atoms with Gasteiger partial charge in [0, 0.05) is 23.8 Å². The second-order valence-corrected chi connectivity index (χ2v) is 5.86. The average molecular weight is 303 g/mol. The van der Waals surface area contributed by atoms with Crippen molar-refractivity contribution in [2.24, 2.45) is 0 Å². The van der Waals surface area contributed by atoms with Crippen LogP contribution in [0.25, 0.3) is 22.2 Å². The third-order valence-corrected chi connectivity index (χ3v) is 4.47. The van der Waals surface area contributed by atoms with E-state index in [4.69, 9.17) is 0 Å². The van der Waals surface area contributed by atoms with Crippen molar-refractivity contribution in [2.45, 2.75) is 18.9 Å². The summed E-state index contributed by atoms with van der Waals surface area (Å²) in [6.45, 7) is 3.52. The first kappa shape index (κ1) is 13.8. The Morgan fingerprint density at radius 2 is 2.17 bits per heavy atom. The van der Waals surface area contributed by atoms with Gasteiger partial charge in [-0.3, -0.25) is 4.79 Å². The third-order valence-electron chi connectivity index (χ3n) is 4.47. The molecule has 114 valence electrons. The fourth-order valence-corrected chi connectivity index (χ4v) is 3.46. The monoisotopic (exact) mass is 303 g/mol. The van der Waals surface area contributed by atoms with Gasteiger partial charge in [0.1, 0.15) is 5.65 Å². The van der Waals surface area contributed by atoms with Crippen LogP contribution in [0.2, 0.25) is 0 Å². The number of amides is 1. The maximum Gasteiger partial charge on any atom is 0.243 e. The van der Waals surface area contributed by atoms with E-state index in [-0.39, 0.29) is 11.9 Å². The molecule has 3 aromatic rings. The maximum atomic E-state index is 11.6. The summed E-state index contributed by atoms with van der Waals surface area (Å²) in [7, 11) is 0. The van der Waals surface area contributed by atoms with Crippen molar-refractivity contribution in [1.82, 2.24) is 15.3 Å². The zero-order valence-corrected chi connectivity index (χ0v) is 12.7. The highest BCUT2D eigenvalue weighted by Gasteiger charge is 2.25. The second kappa shape index (κ2) is 5.39. The Bertz CT molecular complexity index is 910. The van der Waals surface area contributed by atoms with E-state index in [0.717, 1.165) is 23.9 Å². The van der Waals surface area contributed by atoms with Crippen LogP contribution in [0.5, 0.6) is 0 Å². The van der Waals surface area contributed by atoms with Crippen molar-refractivity contribution in [3.05, 3.63) is 66.5 Å². The minimum atomic E-state index is -0.110. The maximum absolute atomic E-state index is 11.6. The number of nitrogens with one attached hydrogen (secondary N) is 2. The Kier molecular flexibility index (Phi) is 3.23. The number of benzene rings is 1. The molecule has 1 aliphatic rings. The molecule has 4 rings (SSSR count). The van der Waals surface area contributed by atoms with E-state index in [1.807, 2.05) is 12.4 Å². The van der Waals surface area contributed by atoms with Gasteiger partial charge < -0.3 is 10.3 Å². The van der Waals surface area contributed by atoms with Gasteiger partial charge in [0.25, 0.3) is 0 Å². The first-order valence-corrected chi connectivity index (χ1v) is 7.72. The van der Waals surface area contributed by atoms with E-state index in [1.54, 1.807) is 0 Å². The third kappa shape index (κ3) is 2.32. The van der Waals surface area contributed by atoms with E-state index in [1.165, 1.54) is 28.3 Å². The molecule has 0 bridgehead atoms. The van der Waals surface area contributed by atoms with Crippen molar-refractivity contribution in [2.75, 3.05) is 0 Å². The van der Waals surface area contributed by atoms with Gasteiger partial charge in [0.2, 0.25) is 5.91 Å². The van der Waals surface area contributed by atoms with E-state index in [0.29, 0.717) is 0 Å². The van der Waals surface area contributed by atoms with Crippen LogP contribution in [0, 0.1) is 0 Å². The molecule has 2 heterocycles. The van der Waals surface area contributed by atoms with Crippen LogP contribution >= 0.6 is 0 Å². The summed E-state index contributed by atoms with van der Waals surface area (Å²) in [6.07, 6.45) is 6.79. The molecule has 4 heteroatoms. The molecule has 2 N–H and O–H groups in total. The van der Waals surface area contributed by atoms with E-state index in [2.05, 4.69) is 52.2 Å². The molecule has 0 aliphatic heterocycles. The number of H-pyrrole nitrogens is 1. The fourth-order valence-electron chi connectivity index (χ4n) is 3.46. The number of rotatable bonds is 3. The summed E-state index contributed by atoms with van der Waals surface area (Å²) in [5.41, 5.74) is 5.93. The number of hydrogen-bond acceptors (Lipinski definition) is 2. The smallest absolute Gasteiger partial charge is 0.243 e. The molecule has 0 radical (unpaired) electrons. The molecule has 0 fully saturated rings. The van der Waals surface area contributed by atoms with E-state index < -0.39 is 0 Å². The van der Waals surface area contributed by atoms with Gasteiger partial charge in [-0.1, -0.05) is 24.8 Å². The summed E-state index contributed by atoms with van der Waals surface area (Å²) in [4.78, 5) is 19.1. The Balaban J connectivity index is 1.76. The zero-order chi connectivity index (χ0) is 15.8. The van der Waals surface area contributed by atoms with Crippen LogP contribution in [0.1, 0.15) is 11.1 Å². The Hall–Kier alpha value is -2.88. The predicted molar refractivity (Wildman–Crippen MR) is 91.1 cm³/mol. The number of hydrogen-bond donors (Lipinski definition) is 2. The van der Waals surface area contributed by atoms with Gasteiger partial charge in [-0.05, 0) is 53.3 Å². The molecular formula is C19H17N3O. The highest BCUT2D eigenvalue weighted by molar-refractivity contribution is 5.94. The SMILES string of the molecule is C=CC(=O)NC1Cc2cccc(-c3ccnc4[nH]ccc34)c2C1. The summed E-state index contributed by atoms with van der Waals surface area (Å²) >= 11 is 0. The Morgan fingerprint density at radius 1 is 1.26 bits per heavy atom. The number of aromatic nitrogens is 2. The van der Waals surface area contributed by atoms with E-state index in [9.17, 15) is 4.79 Å². The quantitative estimate of drug-likeness (QED) is 0.731. The van der Waals surface area contributed by atoms with Crippen LogP contribution in [-0.2, 0) is 17.6 Å². The molecule has 0 spiro atoms.